The van der Waals surface area contributed by atoms with Gasteiger partial charge in [0.25, 0.3) is 0 Å². The number of nitrogens with one attached hydrogen (secondary N) is 1. The maximum atomic E-state index is 5.26. The smallest absolute Gasteiger partial charge is 0.244 e. The summed E-state index contributed by atoms with van der Waals surface area (Å²) in [5.41, 5.74) is 2.80. The number of nitrogens with zero attached hydrogens (tertiary/aromatic N) is 1. The summed E-state index contributed by atoms with van der Waals surface area (Å²) in [5, 5.41) is 0. The molecule has 1 aliphatic rings. The first-order valence-electron chi connectivity index (χ1n) is 4.99. The number of methoxy groups -OCH3 is 1. The molecular weight excluding hydrogens is 263 g/mol. The van der Waals surface area contributed by atoms with Gasteiger partial charge in [-0.05, 0) is 6.08 Å². The standard InChI is InChI=1S/C9H17N2O2PS2/c1-7(2)9-10-8(13-11-9)4-5-16-14(15)6-12-3/h4,7,14H,5-6H2,1-3H3,(H,10,11). The maximum Gasteiger partial charge on any atom is 0.244 e. The number of aliphatic imine (C=N–C) groups is 1. The summed E-state index contributed by atoms with van der Waals surface area (Å²) in [7, 11) is 1.68. The Labute approximate surface area is 106 Å². The first-order chi connectivity index (χ1) is 7.63. The van der Waals surface area contributed by atoms with E-state index in [1.54, 1.807) is 18.5 Å². The van der Waals surface area contributed by atoms with E-state index < -0.39 is 5.90 Å². The fourth-order valence-electron chi connectivity index (χ4n) is 0.969. The minimum Gasteiger partial charge on any atom is -0.379 e. The van der Waals surface area contributed by atoms with Crippen molar-refractivity contribution >= 4 is 34.9 Å². The van der Waals surface area contributed by atoms with Crippen molar-refractivity contribution in [2.45, 2.75) is 13.8 Å². The third-order valence-electron chi connectivity index (χ3n) is 1.80. The molecule has 0 amide bonds. The molecule has 0 aliphatic carbocycles. The molecule has 16 heavy (non-hydrogen) atoms. The topological polar surface area (TPSA) is 42.8 Å². The summed E-state index contributed by atoms with van der Waals surface area (Å²) in [5.74, 6) is 1.84. The molecule has 0 spiro atoms. The van der Waals surface area contributed by atoms with Crippen molar-refractivity contribution in [2.24, 2.45) is 10.9 Å². The van der Waals surface area contributed by atoms with Crippen molar-refractivity contribution in [2.75, 3.05) is 19.2 Å². The quantitative estimate of drug-likeness (QED) is 0.757. The molecule has 7 heteroatoms. The molecule has 1 N–H and O–H groups in total. The summed E-state index contributed by atoms with van der Waals surface area (Å²) in [6, 6.07) is 0. The van der Waals surface area contributed by atoms with Crippen molar-refractivity contribution in [3.8, 4) is 0 Å². The molecule has 0 bridgehead atoms. The molecule has 1 unspecified atom stereocenters. The number of ether oxygens (including phenoxy) is 1. The minimum atomic E-state index is -0.853. The number of hydroxylamine groups is 1. The Hall–Kier alpha value is -0.0300. The lowest BCUT2D eigenvalue weighted by Gasteiger charge is -2.01. The molecule has 1 heterocycles. The van der Waals surface area contributed by atoms with E-state index in [-0.39, 0.29) is 0 Å². The predicted octanol–water partition coefficient (Wildman–Crippen LogP) is 2.35. The number of hydrogen-bond acceptors (Lipinski definition) is 6. The van der Waals surface area contributed by atoms with Gasteiger partial charge in [-0.15, -0.1) is 11.4 Å². The highest BCUT2D eigenvalue weighted by Gasteiger charge is 2.14. The molecule has 1 atom stereocenters. The van der Waals surface area contributed by atoms with E-state index in [9.17, 15) is 0 Å². The van der Waals surface area contributed by atoms with Crippen LogP contribution in [0.4, 0.5) is 0 Å². The van der Waals surface area contributed by atoms with Crippen LogP contribution in [0.15, 0.2) is 17.0 Å². The normalized spacial score (nSPS) is 19.5. The Morgan fingerprint density at radius 3 is 3.00 bits per heavy atom. The van der Waals surface area contributed by atoms with Crippen molar-refractivity contribution in [3.63, 3.8) is 0 Å². The van der Waals surface area contributed by atoms with Crippen LogP contribution in [0.5, 0.6) is 0 Å². The fourth-order valence-corrected chi connectivity index (χ4v) is 4.08. The van der Waals surface area contributed by atoms with Crippen LogP contribution in [0.1, 0.15) is 13.8 Å². The lowest BCUT2D eigenvalue weighted by molar-refractivity contribution is 0.174. The van der Waals surface area contributed by atoms with E-state index in [0.717, 1.165) is 11.6 Å². The van der Waals surface area contributed by atoms with Gasteiger partial charge in [0, 0.05) is 24.7 Å². The highest BCUT2D eigenvalue weighted by Crippen LogP contribution is 2.37. The summed E-state index contributed by atoms with van der Waals surface area (Å²) in [6.45, 7) is 4.13. The number of rotatable bonds is 6. The van der Waals surface area contributed by atoms with Crippen LogP contribution >= 0.6 is 17.3 Å². The predicted molar refractivity (Wildman–Crippen MR) is 74.6 cm³/mol. The van der Waals surface area contributed by atoms with Gasteiger partial charge in [0.1, 0.15) is 5.84 Å². The third-order valence-corrected chi connectivity index (χ3v) is 6.22. The molecular formula is C9H17N2O2PS2. The van der Waals surface area contributed by atoms with Crippen LogP contribution < -0.4 is 5.48 Å². The SMILES string of the molecule is COC[PH](=S)SCC=C1N=C(C(C)C)NO1. The van der Waals surface area contributed by atoms with Crippen LogP contribution in [-0.4, -0.2) is 25.0 Å². The average molecular weight is 280 g/mol. The second kappa shape index (κ2) is 7.33. The Balaban J connectivity index is 2.34. The second-order valence-electron chi connectivity index (χ2n) is 3.51. The van der Waals surface area contributed by atoms with Gasteiger partial charge in [0.15, 0.2) is 0 Å². The molecule has 0 aromatic rings. The molecule has 92 valence electrons. The molecule has 0 radical (unpaired) electrons. The molecule has 0 aromatic carbocycles. The summed E-state index contributed by atoms with van der Waals surface area (Å²) in [6.07, 6.45) is 2.63. The van der Waals surface area contributed by atoms with Crippen LogP contribution in [-0.2, 0) is 21.4 Å². The largest absolute Gasteiger partial charge is 0.379 e. The number of amidine groups is 1. The summed E-state index contributed by atoms with van der Waals surface area (Å²) in [4.78, 5) is 9.52. The monoisotopic (exact) mass is 280 g/mol. The number of hydrogen-bond donors (Lipinski definition) is 1. The molecule has 0 saturated carbocycles. The van der Waals surface area contributed by atoms with E-state index in [0.29, 0.717) is 18.1 Å². The van der Waals surface area contributed by atoms with Crippen LogP contribution in [0.2, 0.25) is 0 Å². The lowest BCUT2D eigenvalue weighted by atomic mass is 10.2. The first-order valence-corrected chi connectivity index (χ1v) is 9.54. The van der Waals surface area contributed by atoms with Gasteiger partial charge in [-0.1, -0.05) is 25.7 Å². The zero-order valence-corrected chi connectivity index (χ0v) is 12.3. The van der Waals surface area contributed by atoms with E-state index in [1.807, 2.05) is 6.08 Å². The van der Waals surface area contributed by atoms with Crippen LogP contribution in [0.3, 0.4) is 0 Å². The van der Waals surface area contributed by atoms with Gasteiger partial charge in [-0.25, -0.2) is 5.48 Å². The maximum absolute atomic E-state index is 5.26. The molecule has 4 nitrogen and oxygen atoms in total. The highest BCUT2D eigenvalue weighted by atomic mass is 32.9. The third kappa shape index (κ3) is 4.87. The highest BCUT2D eigenvalue weighted by molar-refractivity contribution is 8.64. The minimum absolute atomic E-state index is 0.352. The van der Waals surface area contributed by atoms with Gasteiger partial charge in [-0.2, -0.15) is 4.99 Å². The molecule has 0 saturated heterocycles. The molecule has 1 rings (SSSR count). The van der Waals surface area contributed by atoms with Crippen LogP contribution in [0, 0.1) is 5.92 Å². The Morgan fingerprint density at radius 2 is 2.44 bits per heavy atom. The lowest BCUT2D eigenvalue weighted by Crippen LogP contribution is -2.21. The van der Waals surface area contributed by atoms with E-state index in [2.05, 4.69) is 24.3 Å². The average Bonchev–Trinajstić information content (AvgIpc) is 2.67. The van der Waals surface area contributed by atoms with Gasteiger partial charge < -0.3 is 9.57 Å². The van der Waals surface area contributed by atoms with E-state index in [4.69, 9.17) is 21.4 Å². The zero-order chi connectivity index (χ0) is 12.0. The van der Waals surface area contributed by atoms with Crippen molar-refractivity contribution < 1.29 is 9.57 Å². The molecule has 1 aliphatic heterocycles. The van der Waals surface area contributed by atoms with E-state index in [1.165, 1.54) is 0 Å². The molecule has 0 fully saturated rings. The summed E-state index contributed by atoms with van der Waals surface area (Å²) >= 11 is 7.00. The van der Waals surface area contributed by atoms with Crippen LogP contribution in [0.25, 0.3) is 0 Å². The van der Waals surface area contributed by atoms with Gasteiger partial charge in [-0.3, -0.25) is 0 Å². The van der Waals surface area contributed by atoms with Gasteiger partial charge >= 0.3 is 0 Å². The zero-order valence-electron chi connectivity index (χ0n) is 9.65. The van der Waals surface area contributed by atoms with E-state index >= 15 is 0 Å². The Morgan fingerprint density at radius 1 is 1.69 bits per heavy atom. The Kier molecular flexibility index (Phi) is 6.43. The Bertz CT molecular complexity index is 319. The van der Waals surface area contributed by atoms with Crippen molar-refractivity contribution in [1.82, 2.24) is 5.48 Å². The fraction of sp³-hybridized carbons (Fsp3) is 0.667. The van der Waals surface area contributed by atoms with Gasteiger partial charge in [0.05, 0.1) is 6.35 Å². The first kappa shape index (κ1) is 14.0. The van der Waals surface area contributed by atoms with Crippen molar-refractivity contribution in [3.05, 3.63) is 12.0 Å². The molecule has 0 aromatic heterocycles. The van der Waals surface area contributed by atoms with Crippen molar-refractivity contribution in [1.29, 1.82) is 0 Å². The summed E-state index contributed by atoms with van der Waals surface area (Å²) < 4.78 is 5.00. The second-order valence-corrected chi connectivity index (χ2v) is 9.77. The van der Waals surface area contributed by atoms with Gasteiger partial charge in [0.2, 0.25) is 5.88 Å².